The van der Waals surface area contributed by atoms with Crippen LogP contribution in [0.15, 0.2) is 30.6 Å². The van der Waals surface area contributed by atoms with Gasteiger partial charge in [-0.05, 0) is 79.7 Å². The van der Waals surface area contributed by atoms with Crippen molar-refractivity contribution in [3.8, 4) is 0 Å². The first-order valence-corrected chi connectivity index (χ1v) is 16.2. The van der Waals surface area contributed by atoms with E-state index in [4.69, 9.17) is 9.84 Å². The molecular formula is C33H49FN4O7. The highest BCUT2D eigenvalue weighted by Gasteiger charge is 2.35. The summed E-state index contributed by atoms with van der Waals surface area (Å²) in [6.07, 6.45) is 3.02. The normalized spacial score (nSPS) is 21.6. The van der Waals surface area contributed by atoms with Crippen molar-refractivity contribution in [3.05, 3.63) is 53.1 Å². The Morgan fingerprint density at radius 1 is 1.04 bits per heavy atom. The number of hydrogen-bond donors (Lipinski definition) is 6. The summed E-state index contributed by atoms with van der Waals surface area (Å²) in [5.74, 6) is 1.04. The van der Waals surface area contributed by atoms with E-state index in [1.807, 2.05) is 18.5 Å². The molecule has 0 amide bonds. The van der Waals surface area contributed by atoms with E-state index in [1.165, 1.54) is 6.07 Å². The number of ether oxygens (including phenoxy) is 1. The van der Waals surface area contributed by atoms with Gasteiger partial charge in [0.25, 0.3) is 0 Å². The van der Waals surface area contributed by atoms with E-state index in [0.717, 1.165) is 55.8 Å². The first-order valence-electron chi connectivity index (χ1n) is 16.2. The van der Waals surface area contributed by atoms with Crippen molar-refractivity contribution in [2.24, 2.45) is 17.8 Å². The molecule has 12 heteroatoms. The van der Waals surface area contributed by atoms with Crippen LogP contribution >= 0.6 is 0 Å². The summed E-state index contributed by atoms with van der Waals surface area (Å²) in [5, 5.41) is 50.8. The fourth-order valence-corrected chi connectivity index (χ4v) is 6.00. The number of carbonyl (C=O) groups is 1. The number of hydrogen-bond acceptors (Lipinski definition) is 11. The fraction of sp³-hybridized carbons (Fsp3) is 0.667. The molecular weight excluding hydrogens is 583 g/mol. The number of ketones is 1. The summed E-state index contributed by atoms with van der Waals surface area (Å²) < 4.78 is 20.7. The number of Topliss-reactive ketones (excluding diaryl/α,β-unsaturated/α-hetero) is 1. The lowest BCUT2D eigenvalue weighted by Crippen LogP contribution is -2.49. The Hall–Kier alpha value is -2.58. The minimum atomic E-state index is -1.66. The maximum Gasteiger partial charge on any atom is 0.225 e. The molecule has 250 valence electrons. The number of piperidine rings is 1. The van der Waals surface area contributed by atoms with E-state index in [1.54, 1.807) is 6.07 Å². The van der Waals surface area contributed by atoms with Gasteiger partial charge in [0.2, 0.25) is 5.95 Å². The predicted molar refractivity (Wildman–Crippen MR) is 166 cm³/mol. The molecule has 45 heavy (non-hydrogen) atoms. The fourth-order valence-electron chi connectivity index (χ4n) is 6.00. The van der Waals surface area contributed by atoms with Crippen LogP contribution in [0.4, 0.5) is 10.3 Å². The molecule has 1 saturated carbocycles. The number of aliphatic hydroxyl groups is 5. The molecule has 6 N–H and O–H groups in total. The molecule has 4 atom stereocenters. The molecule has 2 aromatic rings. The van der Waals surface area contributed by atoms with Gasteiger partial charge in [-0.15, -0.1) is 0 Å². The van der Waals surface area contributed by atoms with Crippen LogP contribution < -0.4 is 10.2 Å². The highest BCUT2D eigenvalue weighted by Crippen LogP contribution is 2.35. The molecule has 1 aromatic heterocycles. The van der Waals surface area contributed by atoms with Crippen LogP contribution in [0.25, 0.3) is 0 Å². The van der Waals surface area contributed by atoms with Gasteiger partial charge < -0.3 is 40.5 Å². The third kappa shape index (κ3) is 10.2. The van der Waals surface area contributed by atoms with E-state index >= 15 is 0 Å². The Morgan fingerprint density at radius 3 is 2.38 bits per heavy atom. The van der Waals surface area contributed by atoms with Crippen LogP contribution in [-0.4, -0.2) is 105 Å². The Kier molecular flexibility index (Phi) is 13.6. The van der Waals surface area contributed by atoms with E-state index in [-0.39, 0.29) is 30.6 Å². The van der Waals surface area contributed by atoms with Gasteiger partial charge in [0, 0.05) is 51.0 Å². The van der Waals surface area contributed by atoms with Gasteiger partial charge in [0.05, 0.1) is 19.3 Å². The Balaban J connectivity index is 1.08. The van der Waals surface area contributed by atoms with Gasteiger partial charge in [0.1, 0.15) is 29.9 Å². The van der Waals surface area contributed by atoms with Crippen LogP contribution in [0.5, 0.6) is 0 Å². The molecule has 4 rings (SSSR count). The lowest BCUT2D eigenvalue weighted by molar-refractivity contribution is -0.126. The van der Waals surface area contributed by atoms with Crippen LogP contribution in [0.2, 0.25) is 0 Å². The quantitative estimate of drug-likeness (QED) is 0.131. The molecule has 1 aromatic carbocycles. The average Bonchev–Trinajstić information content (AvgIpc) is 3.04. The van der Waals surface area contributed by atoms with Crippen LogP contribution in [-0.2, 0) is 29.0 Å². The molecule has 1 aliphatic heterocycles. The highest BCUT2D eigenvalue weighted by molar-refractivity contribution is 5.84. The SMILES string of the molecule is CCc1cnc(N2CCC(CCOCc3ccc(CC(=O)C4CC(CNCC(O)C(O)C(O)C(O)CO)C4)c(F)c3)CC2)nc1. The molecule has 1 saturated heterocycles. The summed E-state index contributed by atoms with van der Waals surface area (Å²) in [6, 6.07) is 4.94. The molecule has 2 aliphatic rings. The largest absolute Gasteiger partial charge is 0.394 e. The first kappa shape index (κ1) is 35.3. The smallest absolute Gasteiger partial charge is 0.225 e. The Labute approximate surface area is 264 Å². The molecule has 0 spiro atoms. The minimum Gasteiger partial charge on any atom is -0.394 e. The Morgan fingerprint density at radius 2 is 1.73 bits per heavy atom. The van der Waals surface area contributed by atoms with Crippen molar-refractivity contribution < 1.29 is 39.5 Å². The number of nitrogens with one attached hydrogen (secondary N) is 1. The molecule has 0 radical (unpaired) electrons. The zero-order valence-electron chi connectivity index (χ0n) is 26.1. The summed E-state index contributed by atoms with van der Waals surface area (Å²) in [6.45, 7) is 4.65. The molecule has 0 bridgehead atoms. The van der Waals surface area contributed by atoms with Crippen molar-refractivity contribution >= 4 is 11.7 Å². The van der Waals surface area contributed by atoms with Crippen LogP contribution in [0, 0.1) is 23.6 Å². The number of nitrogens with zero attached hydrogens (tertiary/aromatic N) is 3. The number of anilines is 1. The van der Waals surface area contributed by atoms with Gasteiger partial charge in [-0.1, -0.05) is 19.1 Å². The van der Waals surface area contributed by atoms with Crippen molar-refractivity contribution in [1.29, 1.82) is 0 Å². The predicted octanol–water partition coefficient (Wildman–Crippen LogP) is 1.16. The molecule has 2 fully saturated rings. The molecule has 2 heterocycles. The minimum absolute atomic E-state index is 0.00121. The summed E-state index contributed by atoms with van der Waals surface area (Å²) >= 11 is 0. The third-order valence-corrected chi connectivity index (χ3v) is 9.22. The van der Waals surface area contributed by atoms with Gasteiger partial charge in [0.15, 0.2) is 0 Å². The number of aromatic nitrogens is 2. The van der Waals surface area contributed by atoms with Crippen molar-refractivity contribution in [2.75, 3.05) is 44.3 Å². The van der Waals surface area contributed by atoms with Gasteiger partial charge in [-0.3, -0.25) is 4.79 Å². The number of halogens is 1. The zero-order valence-corrected chi connectivity index (χ0v) is 26.1. The van der Waals surface area contributed by atoms with Crippen molar-refractivity contribution in [1.82, 2.24) is 15.3 Å². The lowest BCUT2D eigenvalue weighted by atomic mass is 9.71. The molecule has 1 aliphatic carbocycles. The monoisotopic (exact) mass is 632 g/mol. The van der Waals surface area contributed by atoms with E-state index in [0.29, 0.717) is 44.1 Å². The van der Waals surface area contributed by atoms with E-state index in [2.05, 4.69) is 27.1 Å². The standard InChI is InChI=1S/C33H49FN4O7/c1-2-21-16-36-33(37-17-21)38-8-5-22(6-9-38)7-10-45-20-23-3-4-25(27(34)13-23)14-28(40)26-11-24(12-26)15-35-18-29(41)31(43)32(44)30(42)19-39/h3-4,13,16-17,22,24,26,29-32,35,39,41-44H,2,5-12,14-15,18-20H2,1H3. The van der Waals surface area contributed by atoms with Crippen molar-refractivity contribution in [2.45, 2.75) is 82.9 Å². The second-order valence-corrected chi connectivity index (χ2v) is 12.6. The van der Waals surface area contributed by atoms with Crippen LogP contribution in [0.1, 0.15) is 55.7 Å². The topological polar surface area (TPSA) is 168 Å². The number of benzene rings is 1. The van der Waals surface area contributed by atoms with Gasteiger partial charge >= 0.3 is 0 Å². The number of aliphatic hydroxyl groups excluding tert-OH is 5. The molecule has 11 nitrogen and oxygen atoms in total. The first-order chi connectivity index (χ1) is 21.7. The highest BCUT2D eigenvalue weighted by atomic mass is 19.1. The lowest BCUT2D eigenvalue weighted by Gasteiger charge is -2.35. The van der Waals surface area contributed by atoms with E-state index in [9.17, 15) is 29.6 Å². The summed E-state index contributed by atoms with van der Waals surface area (Å²) in [5.41, 5.74) is 2.26. The zero-order chi connectivity index (χ0) is 32.3. The number of aryl methyl sites for hydroxylation is 1. The van der Waals surface area contributed by atoms with Crippen LogP contribution in [0.3, 0.4) is 0 Å². The van der Waals surface area contributed by atoms with E-state index < -0.39 is 36.8 Å². The maximum atomic E-state index is 14.8. The third-order valence-electron chi connectivity index (χ3n) is 9.22. The van der Waals surface area contributed by atoms with Gasteiger partial charge in [-0.25, -0.2) is 14.4 Å². The number of rotatable bonds is 18. The number of carbonyl (C=O) groups excluding carboxylic acids is 1. The average molecular weight is 633 g/mol. The Bertz CT molecular complexity index is 1190. The maximum absolute atomic E-state index is 14.8. The van der Waals surface area contributed by atoms with Gasteiger partial charge in [-0.2, -0.15) is 0 Å². The molecule has 4 unspecified atom stereocenters. The van der Waals surface area contributed by atoms with Crippen molar-refractivity contribution in [3.63, 3.8) is 0 Å². The second kappa shape index (κ2) is 17.4. The summed E-state index contributed by atoms with van der Waals surface area (Å²) in [7, 11) is 0. The second-order valence-electron chi connectivity index (χ2n) is 12.6. The summed E-state index contributed by atoms with van der Waals surface area (Å²) in [4.78, 5) is 24.0.